The Balaban J connectivity index is 2.40. The Labute approximate surface area is 131 Å². The van der Waals surface area contributed by atoms with Crippen molar-refractivity contribution in [2.45, 2.75) is 20.3 Å². The van der Waals surface area contributed by atoms with Crippen molar-refractivity contribution in [3.05, 3.63) is 44.8 Å². The molecule has 1 aromatic heterocycles. The van der Waals surface area contributed by atoms with Crippen LogP contribution in [0.15, 0.2) is 22.7 Å². The number of aryl methyl sites for hydroxylation is 1. The molecule has 6 heteroatoms. The van der Waals surface area contributed by atoms with Gasteiger partial charge in [-0.3, -0.25) is 0 Å². The lowest BCUT2D eigenvalue weighted by Crippen LogP contribution is -2.03. The number of rotatable bonds is 3. The molecule has 0 atom stereocenters. The summed E-state index contributed by atoms with van der Waals surface area (Å²) in [6.45, 7) is 3.84. The van der Waals surface area contributed by atoms with Gasteiger partial charge >= 0.3 is 0 Å². The second-order valence-corrected chi connectivity index (χ2v) is 5.40. The molecule has 0 aliphatic rings. The van der Waals surface area contributed by atoms with Crippen LogP contribution < -0.4 is 5.32 Å². The van der Waals surface area contributed by atoms with E-state index < -0.39 is 0 Å². The van der Waals surface area contributed by atoms with Crippen LogP contribution in [0.3, 0.4) is 0 Å². The minimum Gasteiger partial charge on any atom is -0.339 e. The molecule has 1 aromatic carbocycles. The summed E-state index contributed by atoms with van der Waals surface area (Å²) in [6, 6.07) is 7.41. The van der Waals surface area contributed by atoms with Crippen molar-refractivity contribution in [1.29, 1.82) is 5.26 Å². The Morgan fingerprint density at radius 1 is 1.40 bits per heavy atom. The summed E-state index contributed by atoms with van der Waals surface area (Å²) < 4.78 is 0.795. The maximum atomic E-state index is 8.86. The molecule has 1 heterocycles. The van der Waals surface area contributed by atoms with E-state index >= 15 is 0 Å². The van der Waals surface area contributed by atoms with Crippen molar-refractivity contribution in [2.75, 3.05) is 5.32 Å². The number of nitrogens with zero attached hydrogens (tertiary/aromatic N) is 3. The molecule has 2 rings (SSSR count). The summed E-state index contributed by atoms with van der Waals surface area (Å²) >= 11 is 9.54. The summed E-state index contributed by atoms with van der Waals surface area (Å²) in [5.41, 5.74) is 2.21. The minimum atomic E-state index is 0.448. The van der Waals surface area contributed by atoms with Gasteiger partial charge in [0.25, 0.3) is 0 Å². The quantitative estimate of drug-likeness (QED) is 0.834. The second-order valence-electron chi connectivity index (χ2n) is 4.19. The molecule has 1 N–H and O–H groups in total. The Morgan fingerprint density at radius 3 is 2.75 bits per heavy atom. The third-order valence-corrected chi connectivity index (χ3v) is 3.82. The van der Waals surface area contributed by atoms with Crippen molar-refractivity contribution < 1.29 is 0 Å². The van der Waals surface area contributed by atoms with E-state index in [-0.39, 0.29) is 0 Å². The minimum absolute atomic E-state index is 0.448. The van der Waals surface area contributed by atoms with Gasteiger partial charge in [-0.15, -0.1) is 0 Å². The molecule has 0 amide bonds. The molecule has 0 aliphatic heterocycles. The molecule has 4 nitrogen and oxygen atoms in total. The fourth-order valence-corrected chi connectivity index (χ4v) is 2.29. The average molecular weight is 352 g/mol. The highest BCUT2D eigenvalue weighted by Crippen LogP contribution is 2.29. The molecule has 102 valence electrons. The van der Waals surface area contributed by atoms with Gasteiger partial charge in [-0.25, -0.2) is 9.97 Å². The lowest BCUT2D eigenvalue weighted by molar-refractivity contribution is 0.934. The van der Waals surface area contributed by atoms with Crippen LogP contribution in [0.5, 0.6) is 0 Å². The summed E-state index contributed by atoms with van der Waals surface area (Å²) in [4.78, 5) is 8.64. The van der Waals surface area contributed by atoms with Gasteiger partial charge in [0.2, 0.25) is 0 Å². The number of nitriles is 1. The van der Waals surface area contributed by atoms with E-state index in [9.17, 15) is 0 Å². The predicted octanol–water partition coefficient (Wildman–Crippen LogP) is 4.38. The molecular weight excluding hydrogens is 340 g/mol. The first-order valence-electron chi connectivity index (χ1n) is 6.04. The number of aromatic nitrogens is 2. The van der Waals surface area contributed by atoms with Crippen molar-refractivity contribution >= 4 is 39.0 Å². The Kier molecular flexibility index (Phi) is 4.58. The van der Waals surface area contributed by atoms with Crippen LogP contribution in [0, 0.1) is 18.3 Å². The zero-order chi connectivity index (χ0) is 14.7. The van der Waals surface area contributed by atoms with Gasteiger partial charge in [0.15, 0.2) is 0 Å². The molecule has 0 spiro atoms. The average Bonchev–Trinajstić information content (AvgIpc) is 2.45. The highest BCUT2D eigenvalue weighted by molar-refractivity contribution is 9.10. The first-order chi connectivity index (χ1) is 9.55. The molecule has 0 aliphatic carbocycles. The number of nitrogens with one attached hydrogen (secondary N) is 1. The topological polar surface area (TPSA) is 61.6 Å². The summed E-state index contributed by atoms with van der Waals surface area (Å²) in [6.07, 6.45) is 0.712. The van der Waals surface area contributed by atoms with Crippen LogP contribution in [-0.4, -0.2) is 9.97 Å². The molecule has 0 unspecified atom stereocenters. The molecule has 0 saturated carbocycles. The van der Waals surface area contributed by atoms with Crippen LogP contribution in [0.4, 0.5) is 11.5 Å². The summed E-state index contributed by atoms with van der Waals surface area (Å²) in [5, 5.41) is 12.5. The second kappa shape index (κ2) is 6.21. The van der Waals surface area contributed by atoms with E-state index in [2.05, 4.69) is 37.3 Å². The van der Waals surface area contributed by atoms with E-state index in [1.807, 2.05) is 19.9 Å². The Bertz CT molecular complexity index is 694. The van der Waals surface area contributed by atoms with E-state index in [1.54, 1.807) is 12.1 Å². The zero-order valence-electron chi connectivity index (χ0n) is 11.0. The third-order valence-electron chi connectivity index (χ3n) is 2.80. The SMILES string of the molecule is CCc1nc(Cl)c(C)c(Nc2ccc(C#N)cc2Br)n1. The first kappa shape index (κ1) is 14.8. The number of anilines is 2. The maximum Gasteiger partial charge on any atom is 0.138 e. The van der Waals surface area contributed by atoms with Gasteiger partial charge in [0.1, 0.15) is 16.8 Å². The number of hydrogen-bond donors (Lipinski definition) is 1. The number of halogens is 2. The standard InChI is InChI=1S/C14H12BrClN4/c1-3-12-19-13(16)8(2)14(20-12)18-11-5-4-9(7-17)6-10(11)15/h4-6H,3H2,1-2H3,(H,18,19,20). The number of hydrogen-bond acceptors (Lipinski definition) is 4. The molecule has 0 bridgehead atoms. The van der Waals surface area contributed by atoms with Crippen molar-refractivity contribution in [3.63, 3.8) is 0 Å². The largest absolute Gasteiger partial charge is 0.339 e. The van der Waals surface area contributed by atoms with Crippen LogP contribution in [-0.2, 0) is 6.42 Å². The van der Waals surface area contributed by atoms with Crippen LogP contribution in [0.25, 0.3) is 0 Å². The van der Waals surface area contributed by atoms with Gasteiger partial charge in [-0.05, 0) is 41.1 Å². The molecule has 2 aromatic rings. The highest BCUT2D eigenvalue weighted by atomic mass is 79.9. The Hall–Kier alpha value is -1.64. The monoisotopic (exact) mass is 350 g/mol. The normalized spacial score (nSPS) is 10.2. The van der Waals surface area contributed by atoms with Crippen molar-refractivity contribution in [2.24, 2.45) is 0 Å². The number of benzene rings is 1. The third kappa shape index (κ3) is 3.09. The smallest absolute Gasteiger partial charge is 0.138 e. The van der Waals surface area contributed by atoms with Gasteiger partial charge in [0, 0.05) is 16.5 Å². The van der Waals surface area contributed by atoms with E-state index in [1.165, 1.54) is 0 Å². The molecule has 0 saturated heterocycles. The molecule has 0 fully saturated rings. The van der Waals surface area contributed by atoms with Gasteiger partial charge in [-0.2, -0.15) is 5.26 Å². The lowest BCUT2D eigenvalue weighted by atomic mass is 10.2. The van der Waals surface area contributed by atoms with Gasteiger partial charge in [0.05, 0.1) is 17.3 Å². The van der Waals surface area contributed by atoms with E-state index in [0.717, 1.165) is 15.7 Å². The van der Waals surface area contributed by atoms with Crippen LogP contribution in [0.2, 0.25) is 5.15 Å². The highest BCUT2D eigenvalue weighted by Gasteiger charge is 2.10. The van der Waals surface area contributed by atoms with Gasteiger partial charge < -0.3 is 5.32 Å². The van der Waals surface area contributed by atoms with Crippen LogP contribution in [0.1, 0.15) is 23.9 Å². The van der Waals surface area contributed by atoms with Crippen LogP contribution >= 0.6 is 27.5 Å². The van der Waals surface area contributed by atoms with Crippen molar-refractivity contribution in [1.82, 2.24) is 9.97 Å². The van der Waals surface area contributed by atoms with Gasteiger partial charge in [-0.1, -0.05) is 18.5 Å². The molecular formula is C14H12BrClN4. The fourth-order valence-electron chi connectivity index (χ4n) is 1.63. The lowest BCUT2D eigenvalue weighted by Gasteiger charge is -2.12. The van der Waals surface area contributed by atoms with Crippen molar-refractivity contribution in [3.8, 4) is 6.07 Å². The maximum absolute atomic E-state index is 8.86. The van der Waals surface area contributed by atoms with E-state index in [4.69, 9.17) is 16.9 Å². The predicted molar refractivity (Wildman–Crippen MR) is 83.3 cm³/mol. The fraction of sp³-hybridized carbons (Fsp3) is 0.214. The summed E-state index contributed by atoms with van der Waals surface area (Å²) in [7, 11) is 0. The van der Waals surface area contributed by atoms with E-state index in [0.29, 0.717) is 28.8 Å². The Morgan fingerprint density at radius 2 is 2.15 bits per heavy atom. The zero-order valence-corrected chi connectivity index (χ0v) is 13.4. The molecule has 0 radical (unpaired) electrons. The first-order valence-corrected chi connectivity index (χ1v) is 7.22. The summed E-state index contributed by atoms with van der Waals surface area (Å²) in [5.74, 6) is 1.36. The molecule has 20 heavy (non-hydrogen) atoms.